The number of hydrogen-bond donors (Lipinski definition) is 0. The number of benzene rings is 1. The zero-order chi connectivity index (χ0) is 23.2. The molecule has 1 aromatic carbocycles. The van der Waals surface area contributed by atoms with Crippen molar-refractivity contribution in [3.8, 4) is 17.4 Å². The van der Waals surface area contributed by atoms with Gasteiger partial charge < -0.3 is 4.42 Å². The molecule has 0 radical (unpaired) electrons. The van der Waals surface area contributed by atoms with Gasteiger partial charge in [0.25, 0.3) is 11.8 Å². The number of halogens is 2. The fourth-order valence-corrected chi connectivity index (χ4v) is 5.90. The van der Waals surface area contributed by atoms with Gasteiger partial charge in [-0.25, -0.2) is 8.42 Å². The monoisotopic (exact) mass is 490 g/mol. The fraction of sp³-hybridized carbons (Fsp3) is 0.227. The van der Waals surface area contributed by atoms with E-state index < -0.39 is 27.7 Å². The van der Waals surface area contributed by atoms with Crippen molar-refractivity contribution in [3.05, 3.63) is 62.9 Å². The van der Waals surface area contributed by atoms with E-state index in [1.54, 1.807) is 30.3 Å². The fourth-order valence-electron chi connectivity index (χ4n) is 3.81. The standard InChI is InChI=1S/C22H16Cl2N2O5S/c1-12-16(9-15-3-5-20(31-15)17-8-13(23)2-4-19(17)24)21(27)26(22(28)18(12)10-25)14-6-7-32(29,30)11-14/h2-5,8-9,14H,6-7,11H2,1H3/b16-9-/t14-/m1/s1. The van der Waals surface area contributed by atoms with Gasteiger partial charge in [-0.2, -0.15) is 5.26 Å². The first-order valence-corrected chi connectivity index (χ1v) is 12.2. The molecule has 0 aliphatic carbocycles. The molecule has 10 heteroatoms. The molecule has 164 valence electrons. The highest BCUT2D eigenvalue weighted by atomic mass is 35.5. The summed E-state index contributed by atoms with van der Waals surface area (Å²) in [7, 11) is -3.35. The van der Waals surface area contributed by atoms with Gasteiger partial charge in [0.05, 0.1) is 22.6 Å². The summed E-state index contributed by atoms with van der Waals surface area (Å²) >= 11 is 12.3. The van der Waals surface area contributed by atoms with E-state index in [0.717, 1.165) is 4.90 Å². The Kier molecular flexibility index (Phi) is 5.76. The lowest BCUT2D eigenvalue weighted by molar-refractivity contribution is -0.142. The van der Waals surface area contributed by atoms with E-state index in [2.05, 4.69) is 0 Å². The van der Waals surface area contributed by atoms with Gasteiger partial charge in [0.15, 0.2) is 9.84 Å². The molecule has 4 rings (SSSR count). The van der Waals surface area contributed by atoms with Crippen molar-refractivity contribution in [2.24, 2.45) is 0 Å². The highest BCUT2D eigenvalue weighted by Crippen LogP contribution is 2.34. The summed E-state index contributed by atoms with van der Waals surface area (Å²) in [6.07, 6.45) is 1.57. The van der Waals surface area contributed by atoms with E-state index in [0.29, 0.717) is 27.1 Å². The van der Waals surface area contributed by atoms with Crippen molar-refractivity contribution < 1.29 is 22.4 Å². The Balaban J connectivity index is 1.75. The quantitative estimate of drug-likeness (QED) is 0.474. The lowest BCUT2D eigenvalue weighted by Gasteiger charge is -2.31. The molecule has 0 spiro atoms. The first kappa shape index (κ1) is 22.3. The topological polar surface area (TPSA) is 108 Å². The van der Waals surface area contributed by atoms with Crippen LogP contribution in [0.25, 0.3) is 17.4 Å². The van der Waals surface area contributed by atoms with Crippen molar-refractivity contribution >= 4 is 50.9 Å². The Labute approximate surface area is 194 Å². The van der Waals surface area contributed by atoms with E-state index in [4.69, 9.17) is 27.6 Å². The molecular weight excluding hydrogens is 475 g/mol. The third kappa shape index (κ3) is 3.99. The molecule has 2 aromatic rings. The minimum absolute atomic E-state index is 0.0866. The molecule has 1 atom stereocenters. The molecule has 0 N–H and O–H groups in total. The number of imide groups is 1. The number of furan rings is 1. The van der Waals surface area contributed by atoms with Gasteiger partial charge in [-0.05, 0) is 55.3 Å². The van der Waals surface area contributed by atoms with Crippen molar-refractivity contribution in [2.45, 2.75) is 19.4 Å². The highest BCUT2D eigenvalue weighted by Gasteiger charge is 2.43. The number of nitrogens with zero attached hydrogens (tertiary/aromatic N) is 2. The van der Waals surface area contributed by atoms with Gasteiger partial charge in [0.1, 0.15) is 23.2 Å². The highest BCUT2D eigenvalue weighted by molar-refractivity contribution is 7.91. The summed E-state index contributed by atoms with van der Waals surface area (Å²) in [6.45, 7) is 1.50. The van der Waals surface area contributed by atoms with Gasteiger partial charge in [-0.15, -0.1) is 0 Å². The Morgan fingerprint density at radius 2 is 1.94 bits per heavy atom. The molecule has 2 amide bonds. The van der Waals surface area contributed by atoms with Gasteiger partial charge in [-0.3, -0.25) is 14.5 Å². The minimum Gasteiger partial charge on any atom is -0.457 e. The van der Waals surface area contributed by atoms with Crippen LogP contribution in [-0.4, -0.2) is 42.7 Å². The molecular formula is C22H16Cl2N2O5S. The average molecular weight is 491 g/mol. The van der Waals surface area contributed by atoms with E-state index in [1.807, 2.05) is 6.07 Å². The Hall–Kier alpha value is -2.86. The molecule has 1 saturated heterocycles. The van der Waals surface area contributed by atoms with Crippen LogP contribution in [0.3, 0.4) is 0 Å². The Bertz CT molecular complexity index is 1360. The maximum Gasteiger partial charge on any atom is 0.271 e. The lowest BCUT2D eigenvalue weighted by Crippen LogP contribution is -2.49. The lowest BCUT2D eigenvalue weighted by atomic mass is 9.93. The third-order valence-electron chi connectivity index (χ3n) is 5.45. The van der Waals surface area contributed by atoms with Crippen LogP contribution in [0.2, 0.25) is 10.0 Å². The molecule has 0 unspecified atom stereocenters. The summed E-state index contributed by atoms with van der Waals surface area (Å²) in [5.41, 5.74) is 0.656. The van der Waals surface area contributed by atoms with Gasteiger partial charge in [0.2, 0.25) is 0 Å². The summed E-state index contributed by atoms with van der Waals surface area (Å²) in [6, 6.07) is 9.24. The maximum absolute atomic E-state index is 13.2. The Morgan fingerprint density at radius 3 is 2.59 bits per heavy atom. The van der Waals surface area contributed by atoms with E-state index in [-0.39, 0.29) is 34.6 Å². The number of nitriles is 1. The van der Waals surface area contributed by atoms with Crippen LogP contribution < -0.4 is 0 Å². The van der Waals surface area contributed by atoms with Crippen LogP contribution in [0, 0.1) is 11.3 Å². The van der Waals surface area contributed by atoms with Gasteiger partial charge >= 0.3 is 0 Å². The minimum atomic E-state index is -3.35. The first-order valence-electron chi connectivity index (χ1n) is 9.58. The van der Waals surface area contributed by atoms with E-state index in [1.165, 1.54) is 13.0 Å². The second kappa shape index (κ2) is 8.24. The smallest absolute Gasteiger partial charge is 0.271 e. The zero-order valence-corrected chi connectivity index (χ0v) is 19.1. The molecule has 2 aliphatic rings. The predicted molar refractivity (Wildman–Crippen MR) is 119 cm³/mol. The number of sulfone groups is 1. The van der Waals surface area contributed by atoms with Crippen molar-refractivity contribution in [1.29, 1.82) is 5.26 Å². The molecule has 1 fully saturated rings. The largest absolute Gasteiger partial charge is 0.457 e. The van der Waals surface area contributed by atoms with Crippen LogP contribution in [0.1, 0.15) is 19.1 Å². The summed E-state index contributed by atoms with van der Waals surface area (Å²) in [5, 5.41) is 10.4. The summed E-state index contributed by atoms with van der Waals surface area (Å²) in [4.78, 5) is 26.9. The van der Waals surface area contributed by atoms with Crippen LogP contribution >= 0.6 is 23.2 Å². The second-order valence-corrected chi connectivity index (χ2v) is 10.6. The summed E-state index contributed by atoms with van der Waals surface area (Å²) in [5.74, 6) is -1.14. The number of amides is 2. The van der Waals surface area contributed by atoms with Crippen molar-refractivity contribution in [2.75, 3.05) is 11.5 Å². The van der Waals surface area contributed by atoms with E-state index >= 15 is 0 Å². The van der Waals surface area contributed by atoms with Crippen molar-refractivity contribution in [3.63, 3.8) is 0 Å². The number of carbonyl (C=O) groups excluding carboxylic acids is 2. The molecule has 32 heavy (non-hydrogen) atoms. The summed E-state index contributed by atoms with van der Waals surface area (Å²) < 4.78 is 29.6. The molecule has 0 saturated carbocycles. The normalized spacial score (nSPS) is 22.0. The van der Waals surface area contributed by atoms with Gasteiger partial charge in [0, 0.05) is 16.2 Å². The molecule has 2 aliphatic heterocycles. The van der Waals surface area contributed by atoms with Gasteiger partial charge in [-0.1, -0.05) is 23.2 Å². The second-order valence-electron chi connectivity index (χ2n) is 7.53. The maximum atomic E-state index is 13.2. The number of carbonyl (C=O) groups is 2. The van der Waals surface area contributed by atoms with Crippen molar-refractivity contribution in [1.82, 2.24) is 4.90 Å². The zero-order valence-electron chi connectivity index (χ0n) is 16.8. The molecule has 3 heterocycles. The predicted octanol–water partition coefficient (Wildman–Crippen LogP) is 4.03. The van der Waals surface area contributed by atoms with Crippen LogP contribution in [-0.2, 0) is 19.4 Å². The number of rotatable bonds is 3. The van der Waals surface area contributed by atoms with Crippen LogP contribution in [0.5, 0.6) is 0 Å². The Morgan fingerprint density at radius 1 is 1.19 bits per heavy atom. The average Bonchev–Trinajstić information content (AvgIpc) is 3.33. The molecule has 1 aromatic heterocycles. The third-order valence-corrected chi connectivity index (χ3v) is 7.77. The first-order chi connectivity index (χ1) is 15.1. The van der Waals surface area contributed by atoms with Crippen LogP contribution in [0.4, 0.5) is 0 Å². The van der Waals surface area contributed by atoms with E-state index in [9.17, 15) is 23.3 Å². The SMILES string of the molecule is CC1=C(C#N)C(=O)N([C@@H]2CCS(=O)(=O)C2)C(=O)/C1=C\c1ccc(-c2cc(Cl)ccc2Cl)o1. The molecule has 0 bridgehead atoms. The molecule has 7 nitrogen and oxygen atoms in total. The number of hydrogen-bond acceptors (Lipinski definition) is 6. The van der Waals surface area contributed by atoms with Crippen LogP contribution in [0.15, 0.2) is 51.5 Å².